The third kappa shape index (κ3) is 4.55. The fourth-order valence-corrected chi connectivity index (χ4v) is 1.80. The summed E-state index contributed by atoms with van der Waals surface area (Å²) >= 11 is 0. The summed E-state index contributed by atoms with van der Waals surface area (Å²) in [6, 6.07) is 0. The van der Waals surface area contributed by atoms with Crippen LogP contribution in [0.4, 0.5) is 0 Å². The van der Waals surface area contributed by atoms with Gasteiger partial charge in [-0.05, 0) is 34.8 Å². The topological polar surface area (TPSA) is 13.1 Å². The first kappa shape index (κ1) is 12.4. The van der Waals surface area contributed by atoms with Crippen molar-refractivity contribution in [2.24, 2.45) is 10.8 Å². The van der Waals surface area contributed by atoms with Crippen molar-refractivity contribution in [3.63, 3.8) is 0 Å². The maximum absolute atomic E-state index is 5.34. The highest BCUT2D eigenvalue weighted by Crippen LogP contribution is 2.28. The second kappa shape index (κ2) is 4.03. The van der Waals surface area contributed by atoms with Crippen molar-refractivity contribution in [3.05, 3.63) is 23.7 Å². The number of hydrogen-bond acceptors (Lipinski definition) is 1. The lowest BCUT2D eigenvalue weighted by Gasteiger charge is -2.21. The molecule has 0 aliphatic rings. The minimum Gasteiger partial charge on any atom is -0.472 e. The SMILES string of the molecule is CC(C)(C)Cc1cocc1CC(C)(C)C. The van der Waals surface area contributed by atoms with Crippen molar-refractivity contribution >= 4 is 0 Å². The molecule has 0 amide bonds. The smallest absolute Gasteiger partial charge is 0.0937 e. The highest BCUT2D eigenvalue weighted by molar-refractivity contribution is 5.23. The Morgan fingerprint density at radius 3 is 1.40 bits per heavy atom. The lowest BCUT2D eigenvalue weighted by molar-refractivity contribution is 0.393. The van der Waals surface area contributed by atoms with E-state index in [1.165, 1.54) is 11.1 Å². The van der Waals surface area contributed by atoms with Crippen LogP contribution in [-0.2, 0) is 12.8 Å². The molecule has 0 saturated heterocycles. The van der Waals surface area contributed by atoms with Gasteiger partial charge in [-0.25, -0.2) is 0 Å². The molecule has 0 aliphatic carbocycles. The minimum absolute atomic E-state index is 0.330. The molecule has 1 heteroatoms. The van der Waals surface area contributed by atoms with Gasteiger partial charge in [-0.15, -0.1) is 0 Å². The van der Waals surface area contributed by atoms with Crippen LogP contribution in [-0.4, -0.2) is 0 Å². The second-order valence-electron chi connectivity index (χ2n) is 6.90. The Bertz CT molecular complexity index is 276. The summed E-state index contributed by atoms with van der Waals surface area (Å²) in [4.78, 5) is 0. The van der Waals surface area contributed by atoms with E-state index in [4.69, 9.17) is 4.42 Å². The molecule has 15 heavy (non-hydrogen) atoms. The van der Waals surface area contributed by atoms with Gasteiger partial charge in [-0.1, -0.05) is 41.5 Å². The van der Waals surface area contributed by atoms with E-state index >= 15 is 0 Å². The Morgan fingerprint density at radius 2 is 1.13 bits per heavy atom. The summed E-state index contributed by atoms with van der Waals surface area (Å²) in [5.74, 6) is 0. The van der Waals surface area contributed by atoms with Crippen LogP contribution in [0.25, 0.3) is 0 Å². The van der Waals surface area contributed by atoms with Crippen molar-refractivity contribution in [3.8, 4) is 0 Å². The van der Waals surface area contributed by atoms with Crippen molar-refractivity contribution in [1.29, 1.82) is 0 Å². The number of rotatable bonds is 2. The standard InChI is InChI=1S/C14H24O/c1-13(2,3)7-11-9-15-10-12(11)8-14(4,5)6/h9-10H,7-8H2,1-6H3. The predicted molar refractivity (Wildman–Crippen MR) is 65.0 cm³/mol. The van der Waals surface area contributed by atoms with Crippen molar-refractivity contribution in [2.75, 3.05) is 0 Å². The third-order valence-corrected chi connectivity index (χ3v) is 2.27. The van der Waals surface area contributed by atoms with Gasteiger partial charge in [0.05, 0.1) is 12.5 Å². The monoisotopic (exact) mass is 208 g/mol. The molecule has 1 rings (SSSR count). The molecule has 0 spiro atoms. The third-order valence-electron chi connectivity index (χ3n) is 2.27. The quantitative estimate of drug-likeness (QED) is 0.699. The zero-order valence-corrected chi connectivity index (χ0v) is 11.0. The average molecular weight is 208 g/mol. The molecule has 0 saturated carbocycles. The molecule has 0 aromatic carbocycles. The largest absolute Gasteiger partial charge is 0.472 e. The first-order valence-electron chi connectivity index (χ1n) is 5.71. The molecule has 0 fully saturated rings. The fraction of sp³-hybridized carbons (Fsp3) is 0.714. The van der Waals surface area contributed by atoms with Crippen LogP contribution in [0.1, 0.15) is 52.7 Å². The molecular weight excluding hydrogens is 184 g/mol. The molecule has 0 N–H and O–H groups in total. The summed E-state index contributed by atoms with van der Waals surface area (Å²) in [5.41, 5.74) is 3.40. The highest BCUT2D eigenvalue weighted by Gasteiger charge is 2.19. The zero-order valence-electron chi connectivity index (χ0n) is 11.0. The summed E-state index contributed by atoms with van der Waals surface area (Å²) < 4.78 is 5.34. The number of furan rings is 1. The average Bonchev–Trinajstić information content (AvgIpc) is 2.29. The van der Waals surface area contributed by atoms with Gasteiger partial charge in [-0.2, -0.15) is 0 Å². The van der Waals surface area contributed by atoms with Crippen LogP contribution in [0.5, 0.6) is 0 Å². The molecule has 1 aromatic rings. The maximum Gasteiger partial charge on any atom is 0.0937 e. The van der Waals surface area contributed by atoms with Gasteiger partial charge in [0.15, 0.2) is 0 Å². The molecule has 1 heterocycles. The summed E-state index contributed by atoms with van der Waals surface area (Å²) in [7, 11) is 0. The molecule has 0 aliphatic heterocycles. The molecule has 0 bridgehead atoms. The lowest BCUT2D eigenvalue weighted by atomic mass is 9.83. The Morgan fingerprint density at radius 1 is 0.800 bits per heavy atom. The Labute approximate surface area is 93.9 Å². The Hall–Kier alpha value is -0.720. The number of hydrogen-bond donors (Lipinski definition) is 0. The maximum atomic E-state index is 5.34. The fourth-order valence-electron chi connectivity index (χ4n) is 1.80. The lowest BCUT2D eigenvalue weighted by Crippen LogP contribution is -2.13. The van der Waals surface area contributed by atoms with E-state index in [2.05, 4.69) is 41.5 Å². The summed E-state index contributed by atoms with van der Waals surface area (Å²) in [6.45, 7) is 13.6. The first-order chi connectivity index (χ1) is 6.67. The van der Waals surface area contributed by atoms with Crippen molar-refractivity contribution < 1.29 is 4.42 Å². The van der Waals surface area contributed by atoms with E-state index in [0.29, 0.717) is 10.8 Å². The van der Waals surface area contributed by atoms with Crippen LogP contribution in [0.15, 0.2) is 16.9 Å². The molecule has 0 unspecified atom stereocenters. The van der Waals surface area contributed by atoms with Crippen LogP contribution in [0.3, 0.4) is 0 Å². The minimum atomic E-state index is 0.330. The van der Waals surface area contributed by atoms with Crippen LogP contribution in [0.2, 0.25) is 0 Å². The van der Waals surface area contributed by atoms with E-state index in [9.17, 15) is 0 Å². The Kier molecular flexibility index (Phi) is 3.32. The summed E-state index contributed by atoms with van der Waals surface area (Å²) in [6.07, 6.45) is 6.00. The van der Waals surface area contributed by atoms with Crippen LogP contribution in [0, 0.1) is 10.8 Å². The van der Waals surface area contributed by atoms with Gasteiger partial charge < -0.3 is 4.42 Å². The second-order valence-corrected chi connectivity index (χ2v) is 6.90. The van der Waals surface area contributed by atoms with Gasteiger partial charge in [0.1, 0.15) is 0 Å². The van der Waals surface area contributed by atoms with Gasteiger partial charge in [0.25, 0.3) is 0 Å². The van der Waals surface area contributed by atoms with Gasteiger partial charge in [0, 0.05) is 0 Å². The highest BCUT2D eigenvalue weighted by atomic mass is 16.3. The molecule has 0 atom stereocenters. The molecule has 1 nitrogen and oxygen atoms in total. The van der Waals surface area contributed by atoms with Gasteiger partial charge in [-0.3, -0.25) is 0 Å². The van der Waals surface area contributed by atoms with E-state index in [1.807, 2.05) is 12.5 Å². The van der Waals surface area contributed by atoms with E-state index in [0.717, 1.165) is 12.8 Å². The van der Waals surface area contributed by atoms with E-state index in [-0.39, 0.29) is 0 Å². The van der Waals surface area contributed by atoms with Crippen LogP contribution < -0.4 is 0 Å². The van der Waals surface area contributed by atoms with Crippen molar-refractivity contribution in [1.82, 2.24) is 0 Å². The summed E-state index contributed by atoms with van der Waals surface area (Å²) in [5, 5.41) is 0. The van der Waals surface area contributed by atoms with Gasteiger partial charge >= 0.3 is 0 Å². The molecule has 86 valence electrons. The zero-order chi connectivity index (χ0) is 11.7. The molecule has 1 aromatic heterocycles. The first-order valence-corrected chi connectivity index (χ1v) is 5.71. The molecule has 0 radical (unpaired) electrons. The molecular formula is C14H24O. The Balaban J connectivity index is 2.79. The predicted octanol–water partition coefficient (Wildman–Crippen LogP) is 4.46. The normalized spacial score (nSPS) is 13.2. The van der Waals surface area contributed by atoms with Crippen LogP contribution >= 0.6 is 0 Å². The van der Waals surface area contributed by atoms with E-state index in [1.54, 1.807) is 0 Å². The van der Waals surface area contributed by atoms with E-state index < -0.39 is 0 Å². The van der Waals surface area contributed by atoms with Gasteiger partial charge in [0.2, 0.25) is 0 Å². The van der Waals surface area contributed by atoms with Crippen molar-refractivity contribution in [2.45, 2.75) is 54.4 Å².